The van der Waals surface area contributed by atoms with Gasteiger partial charge in [-0.15, -0.1) is 0 Å². The van der Waals surface area contributed by atoms with Crippen molar-refractivity contribution in [3.05, 3.63) is 59.2 Å². The number of methoxy groups -OCH3 is 1. The predicted molar refractivity (Wildman–Crippen MR) is 168 cm³/mol. The molecule has 226 valence electrons. The summed E-state index contributed by atoms with van der Waals surface area (Å²) in [7, 11) is 1.35. The van der Waals surface area contributed by atoms with Crippen molar-refractivity contribution in [2.45, 2.75) is 90.4 Å². The lowest BCUT2D eigenvalue weighted by Crippen LogP contribution is -2.42. The first-order valence-corrected chi connectivity index (χ1v) is 16.6. The average Bonchev–Trinajstić information content (AvgIpc) is 3.00. The van der Waals surface area contributed by atoms with Gasteiger partial charge in [0.1, 0.15) is 6.04 Å². The van der Waals surface area contributed by atoms with E-state index in [1.165, 1.54) is 39.2 Å². The number of hydrogen-bond acceptors (Lipinski definition) is 6. The Bertz CT molecular complexity index is 1080. The molecule has 1 N–H and O–H groups in total. The number of esters is 1. The number of carbonyl (C=O) groups excluding carboxylic acids is 2. The third-order valence-electron chi connectivity index (χ3n) is 7.92. The molecule has 1 aliphatic rings. The first-order chi connectivity index (χ1) is 20.0. The van der Waals surface area contributed by atoms with E-state index in [2.05, 4.69) is 18.3 Å². The number of ether oxygens (including phenoxy) is 3. The molecular formula is C34H49NO5S. The molecule has 0 saturated heterocycles. The summed E-state index contributed by atoms with van der Waals surface area (Å²) < 4.78 is 17.5. The minimum atomic E-state index is -0.694. The van der Waals surface area contributed by atoms with Crippen LogP contribution in [0.1, 0.15) is 86.2 Å². The van der Waals surface area contributed by atoms with Crippen molar-refractivity contribution in [2.24, 2.45) is 5.92 Å². The van der Waals surface area contributed by atoms with Crippen molar-refractivity contribution >= 4 is 23.6 Å². The van der Waals surface area contributed by atoms with E-state index in [0.717, 1.165) is 53.9 Å². The van der Waals surface area contributed by atoms with Gasteiger partial charge in [-0.2, -0.15) is 11.8 Å². The summed E-state index contributed by atoms with van der Waals surface area (Å²) in [6, 6.07) is 13.2. The highest BCUT2D eigenvalue weighted by molar-refractivity contribution is 7.98. The fourth-order valence-corrected chi connectivity index (χ4v) is 5.97. The van der Waals surface area contributed by atoms with Crippen LogP contribution in [0.15, 0.2) is 42.5 Å². The number of nitrogens with one attached hydrogen (secondary N) is 1. The molecule has 1 amide bonds. The van der Waals surface area contributed by atoms with Gasteiger partial charge in [-0.1, -0.05) is 75.8 Å². The van der Waals surface area contributed by atoms with E-state index < -0.39 is 12.0 Å². The molecule has 2 aromatic rings. The Morgan fingerprint density at radius 1 is 1.07 bits per heavy atom. The summed E-state index contributed by atoms with van der Waals surface area (Å²) in [6.45, 7) is 6.06. The largest absolute Gasteiger partial charge is 0.467 e. The number of benzene rings is 2. The SMILES string of the molecule is CCCCOC[C@H](CC1CCCCC1)OCc1ccc(C(=O)NC(CCSC)C(=O)OC)c(-c2ccccc2C)c1. The second-order valence-corrected chi connectivity index (χ2v) is 12.1. The maximum Gasteiger partial charge on any atom is 0.328 e. The zero-order valence-electron chi connectivity index (χ0n) is 25.4. The summed E-state index contributed by atoms with van der Waals surface area (Å²) >= 11 is 1.63. The van der Waals surface area contributed by atoms with Crippen LogP contribution >= 0.6 is 11.8 Å². The Hall–Kier alpha value is -2.35. The van der Waals surface area contributed by atoms with E-state index in [-0.39, 0.29) is 12.0 Å². The normalized spacial score (nSPS) is 15.3. The molecule has 2 atom stereocenters. The van der Waals surface area contributed by atoms with Crippen molar-refractivity contribution in [1.29, 1.82) is 0 Å². The Labute approximate surface area is 251 Å². The van der Waals surface area contributed by atoms with Crippen LogP contribution in [0.5, 0.6) is 0 Å². The maximum absolute atomic E-state index is 13.5. The zero-order valence-corrected chi connectivity index (χ0v) is 26.2. The first-order valence-electron chi connectivity index (χ1n) is 15.2. The summed E-state index contributed by atoms with van der Waals surface area (Å²) in [5.41, 5.74) is 4.43. The number of hydrogen-bond donors (Lipinski definition) is 1. The molecule has 0 bridgehead atoms. The van der Waals surface area contributed by atoms with Crippen molar-refractivity contribution < 1.29 is 23.8 Å². The second-order valence-electron chi connectivity index (χ2n) is 11.1. The number of thioether (sulfide) groups is 1. The molecule has 0 aliphatic heterocycles. The molecule has 3 rings (SSSR count). The number of carbonyl (C=O) groups is 2. The van der Waals surface area contributed by atoms with Crippen LogP contribution in [0.2, 0.25) is 0 Å². The minimum absolute atomic E-state index is 0.0529. The molecule has 41 heavy (non-hydrogen) atoms. The summed E-state index contributed by atoms with van der Waals surface area (Å²) in [4.78, 5) is 25.9. The number of aryl methyl sites for hydroxylation is 1. The monoisotopic (exact) mass is 583 g/mol. The molecule has 1 fully saturated rings. The summed E-state index contributed by atoms with van der Waals surface area (Å²) in [6.07, 6.45) is 12.3. The van der Waals surface area contributed by atoms with E-state index in [4.69, 9.17) is 14.2 Å². The number of unbranched alkanes of at least 4 members (excludes halogenated alkanes) is 1. The highest BCUT2D eigenvalue weighted by Gasteiger charge is 2.24. The molecule has 1 unspecified atom stereocenters. The number of amides is 1. The smallest absolute Gasteiger partial charge is 0.328 e. The standard InChI is InChI=1S/C34H49NO5S/c1-5-6-19-39-24-28(21-26-13-8-7-9-14-26)40-23-27-16-17-30(31(22-27)29-15-11-10-12-25(29)2)33(36)35-32(18-20-41-4)34(37)38-3/h10-12,15-17,22,26,28,32H,5-9,13-14,18-21,23-24H2,1-4H3,(H,35,36)/t28-,32?/m0/s1. The fraction of sp³-hybridized carbons (Fsp3) is 0.588. The third kappa shape index (κ3) is 10.8. The fourth-order valence-electron chi connectivity index (χ4n) is 5.49. The summed E-state index contributed by atoms with van der Waals surface area (Å²) in [5, 5.41) is 2.92. The van der Waals surface area contributed by atoms with Gasteiger partial charge >= 0.3 is 5.97 Å². The van der Waals surface area contributed by atoms with Crippen LogP contribution in [-0.4, -0.2) is 56.4 Å². The molecule has 0 aromatic heterocycles. The van der Waals surface area contributed by atoms with Gasteiger partial charge in [0.25, 0.3) is 5.91 Å². The highest BCUT2D eigenvalue weighted by Crippen LogP contribution is 2.31. The van der Waals surface area contributed by atoms with Crippen molar-refractivity contribution in [1.82, 2.24) is 5.32 Å². The van der Waals surface area contributed by atoms with Crippen molar-refractivity contribution in [3.63, 3.8) is 0 Å². The van der Waals surface area contributed by atoms with Gasteiger partial charge in [-0.3, -0.25) is 4.79 Å². The van der Waals surface area contributed by atoms with E-state index in [9.17, 15) is 9.59 Å². The lowest BCUT2D eigenvalue weighted by molar-refractivity contribution is -0.142. The van der Waals surface area contributed by atoms with E-state index in [1.807, 2.05) is 49.6 Å². The van der Waals surface area contributed by atoms with Gasteiger partial charge in [0.05, 0.1) is 26.4 Å². The lowest BCUT2D eigenvalue weighted by atomic mass is 9.85. The van der Waals surface area contributed by atoms with Crippen LogP contribution in [-0.2, 0) is 25.6 Å². The summed E-state index contributed by atoms with van der Waals surface area (Å²) in [5.74, 6) is 0.725. The lowest BCUT2D eigenvalue weighted by Gasteiger charge is -2.27. The van der Waals surface area contributed by atoms with E-state index in [0.29, 0.717) is 31.1 Å². The van der Waals surface area contributed by atoms with Gasteiger partial charge in [-0.25, -0.2) is 4.79 Å². The molecule has 1 saturated carbocycles. The Kier molecular flexibility index (Phi) is 14.8. The van der Waals surface area contributed by atoms with Gasteiger partial charge in [-0.05, 0) is 78.5 Å². The predicted octanol–water partition coefficient (Wildman–Crippen LogP) is 7.36. The second kappa shape index (κ2) is 18.2. The molecule has 2 aromatic carbocycles. The van der Waals surface area contributed by atoms with Crippen LogP contribution in [0.3, 0.4) is 0 Å². The van der Waals surface area contributed by atoms with Crippen LogP contribution in [0.4, 0.5) is 0 Å². The quantitative estimate of drug-likeness (QED) is 0.155. The van der Waals surface area contributed by atoms with Gasteiger partial charge < -0.3 is 19.5 Å². The van der Waals surface area contributed by atoms with E-state index >= 15 is 0 Å². The zero-order chi connectivity index (χ0) is 29.5. The van der Waals surface area contributed by atoms with E-state index in [1.54, 1.807) is 11.8 Å². The average molecular weight is 584 g/mol. The Morgan fingerprint density at radius 3 is 2.56 bits per heavy atom. The molecule has 6 nitrogen and oxygen atoms in total. The van der Waals surface area contributed by atoms with Crippen molar-refractivity contribution in [2.75, 3.05) is 32.3 Å². The van der Waals surface area contributed by atoms with Crippen LogP contribution in [0, 0.1) is 12.8 Å². The molecule has 1 aliphatic carbocycles. The Morgan fingerprint density at radius 2 is 1.85 bits per heavy atom. The minimum Gasteiger partial charge on any atom is -0.467 e. The van der Waals surface area contributed by atoms with Crippen LogP contribution < -0.4 is 5.32 Å². The third-order valence-corrected chi connectivity index (χ3v) is 8.56. The maximum atomic E-state index is 13.5. The molecule has 7 heteroatoms. The highest BCUT2D eigenvalue weighted by atomic mass is 32.2. The molecule has 0 heterocycles. The Balaban J connectivity index is 1.81. The van der Waals surface area contributed by atoms with Gasteiger partial charge in [0.2, 0.25) is 0 Å². The molecule has 0 spiro atoms. The molecular weight excluding hydrogens is 534 g/mol. The number of rotatable bonds is 17. The van der Waals surface area contributed by atoms with Gasteiger partial charge in [0.15, 0.2) is 0 Å². The first kappa shape index (κ1) is 33.2. The van der Waals surface area contributed by atoms with Gasteiger partial charge in [0, 0.05) is 12.2 Å². The molecule has 0 radical (unpaired) electrons. The van der Waals surface area contributed by atoms with Crippen molar-refractivity contribution in [3.8, 4) is 11.1 Å². The van der Waals surface area contributed by atoms with Crippen LogP contribution in [0.25, 0.3) is 11.1 Å². The topological polar surface area (TPSA) is 73.9 Å².